The third kappa shape index (κ3) is 4.22. The second kappa shape index (κ2) is 9.11. The lowest BCUT2D eigenvalue weighted by atomic mass is 10.0. The minimum absolute atomic E-state index is 0.0231. The Morgan fingerprint density at radius 1 is 1.00 bits per heavy atom. The normalized spacial score (nSPS) is 21.4. The fourth-order valence-electron chi connectivity index (χ4n) is 4.80. The quantitative estimate of drug-likeness (QED) is 0.423. The highest BCUT2D eigenvalue weighted by molar-refractivity contribution is 6.30. The molecule has 3 heterocycles. The fourth-order valence-corrected chi connectivity index (χ4v) is 4.92. The van der Waals surface area contributed by atoms with Gasteiger partial charge in [-0.2, -0.15) is 27.6 Å². The van der Waals surface area contributed by atoms with Crippen molar-refractivity contribution in [2.24, 2.45) is 0 Å². The van der Waals surface area contributed by atoms with Crippen LogP contribution in [0.2, 0.25) is 5.02 Å². The predicted octanol–water partition coefficient (Wildman–Crippen LogP) is 5.85. The number of aromatic nitrogens is 2. The van der Waals surface area contributed by atoms with Gasteiger partial charge in [0.25, 0.3) is 0 Å². The van der Waals surface area contributed by atoms with Gasteiger partial charge in [-0.1, -0.05) is 29.8 Å². The average molecular weight is 488 g/mol. The number of morpholine rings is 1. The molecule has 0 bridgehead atoms. The van der Waals surface area contributed by atoms with Gasteiger partial charge in [0, 0.05) is 42.6 Å². The smallest absolute Gasteiger partial charge is 0.379 e. The van der Waals surface area contributed by atoms with Crippen molar-refractivity contribution in [3.8, 4) is 0 Å². The molecule has 0 radical (unpaired) electrons. The van der Waals surface area contributed by atoms with Crippen LogP contribution in [0.15, 0.2) is 67.1 Å². The minimum Gasteiger partial charge on any atom is -0.379 e. The zero-order valence-electron chi connectivity index (χ0n) is 18.3. The van der Waals surface area contributed by atoms with E-state index >= 15 is 0 Å². The summed E-state index contributed by atoms with van der Waals surface area (Å²) in [5.74, 6) is 0.420. The van der Waals surface area contributed by atoms with Crippen LogP contribution in [0.25, 0.3) is 6.08 Å². The van der Waals surface area contributed by atoms with Gasteiger partial charge in [-0.25, -0.2) is 0 Å². The van der Waals surface area contributed by atoms with E-state index in [-0.39, 0.29) is 16.1 Å². The Labute approximate surface area is 200 Å². The van der Waals surface area contributed by atoms with Gasteiger partial charge in [0.2, 0.25) is 0 Å². The Morgan fingerprint density at radius 3 is 2.38 bits per heavy atom. The Morgan fingerprint density at radius 2 is 1.71 bits per heavy atom. The Bertz CT molecular complexity index is 1180. The molecular weight excluding hydrogens is 465 g/mol. The van der Waals surface area contributed by atoms with Crippen LogP contribution < -0.4 is 4.48 Å². The van der Waals surface area contributed by atoms with Gasteiger partial charge in [0.05, 0.1) is 30.4 Å². The van der Waals surface area contributed by atoms with E-state index in [0.717, 1.165) is 11.6 Å². The summed E-state index contributed by atoms with van der Waals surface area (Å²) in [5, 5.41) is 0.626. The summed E-state index contributed by atoms with van der Waals surface area (Å²) in [4.78, 5) is 11.3. The first-order chi connectivity index (χ1) is 16.4. The third-order valence-corrected chi connectivity index (χ3v) is 6.68. The van der Waals surface area contributed by atoms with Crippen LogP contribution >= 0.6 is 11.6 Å². The predicted molar refractivity (Wildman–Crippen MR) is 125 cm³/mol. The highest BCUT2D eigenvalue weighted by Gasteiger charge is 2.47. The molecule has 2 unspecified atom stereocenters. The number of benzene rings is 2. The molecule has 5 nitrogen and oxygen atoms in total. The molecule has 2 aliphatic rings. The first kappa shape index (κ1) is 23.0. The molecule has 5 rings (SSSR count). The Balaban J connectivity index is 1.66. The van der Waals surface area contributed by atoms with Crippen LogP contribution in [0.4, 0.5) is 24.8 Å². The number of nitrogens with zero attached hydrogens (tertiary/aromatic N) is 4. The number of ether oxygens (including phenoxy) is 1. The number of halogens is 4. The number of alkyl halides is 3. The first-order valence-corrected chi connectivity index (χ1v) is 11.4. The Hall–Kier alpha value is -2.78. The molecular formula is C25H23ClF3N4O+. The SMILES string of the molecule is FC(F)(F)c1cccc2c1C=C[N+]2(CC(c1ccc(Cl)cc1)N1CCOCC1)c1ncccn1. The van der Waals surface area contributed by atoms with Crippen LogP contribution in [0, 0.1) is 0 Å². The molecule has 0 saturated carbocycles. The second-order valence-corrected chi connectivity index (χ2v) is 8.80. The molecule has 1 fully saturated rings. The van der Waals surface area contributed by atoms with Crippen LogP contribution in [-0.2, 0) is 10.9 Å². The molecule has 2 aromatic carbocycles. The van der Waals surface area contributed by atoms with Crippen LogP contribution in [0.3, 0.4) is 0 Å². The highest BCUT2D eigenvalue weighted by atomic mass is 35.5. The van der Waals surface area contributed by atoms with Gasteiger partial charge in [0.1, 0.15) is 12.7 Å². The van der Waals surface area contributed by atoms with Crippen LogP contribution in [0.5, 0.6) is 0 Å². The van der Waals surface area contributed by atoms with E-state index in [1.807, 2.05) is 24.3 Å². The largest absolute Gasteiger partial charge is 0.417 e. The minimum atomic E-state index is -4.47. The molecule has 2 aliphatic heterocycles. The number of rotatable bonds is 5. The van der Waals surface area contributed by atoms with Crippen LogP contribution in [0.1, 0.15) is 22.7 Å². The summed E-state index contributed by atoms with van der Waals surface area (Å²) in [6.07, 6.45) is 2.10. The lowest BCUT2D eigenvalue weighted by Gasteiger charge is -2.39. The number of quaternary nitrogens is 1. The van der Waals surface area contributed by atoms with E-state index in [1.54, 1.807) is 36.8 Å². The zero-order chi connectivity index (χ0) is 23.8. The topological polar surface area (TPSA) is 38.2 Å². The van der Waals surface area contributed by atoms with E-state index in [0.29, 0.717) is 49.5 Å². The number of hydrogen-bond acceptors (Lipinski definition) is 4. The monoisotopic (exact) mass is 487 g/mol. The van der Waals surface area contributed by atoms with Gasteiger partial charge in [-0.05, 0) is 29.8 Å². The molecule has 176 valence electrons. The molecule has 34 heavy (non-hydrogen) atoms. The lowest BCUT2D eigenvalue weighted by Crippen LogP contribution is -2.49. The summed E-state index contributed by atoms with van der Waals surface area (Å²) in [7, 11) is 0. The van der Waals surface area contributed by atoms with Gasteiger partial charge < -0.3 is 4.74 Å². The highest BCUT2D eigenvalue weighted by Crippen LogP contribution is 2.48. The summed E-state index contributed by atoms with van der Waals surface area (Å²) >= 11 is 6.15. The molecule has 3 aromatic rings. The van der Waals surface area contributed by atoms with Gasteiger partial charge in [0.15, 0.2) is 5.69 Å². The van der Waals surface area contributed by atoms with E-state index in [2.05, 4.69) is 14.9 Å². The van der Waals surface area contributed by atoms with Crippen molar-refractivity contribution in [2.45, 2.75) is 12.2 Å². The van der Waals surface area contributed by atoms with E-state index < -0.39 is 11.7 Å². The lowest BCUT2D eigenvalue weighted by molar-refractivity contribution is -0.137. The van der Waals surface area contributed by atoms with Crippen molar-refractivity contribution in [2.75, 3.05) is 32.8 Å². The van der Waals surface area contributed by atoms with Crippen molar-refractivity contribution in [1.29, 1.82) is 0 Å². The van der Waals surface area contributed by atoms with Crippen molar-refractivity contribution >= 4 is 29.3 Å². The summed E-state index contributed by atoms with van der Waals surface area (Å²) in [6.45, 7) is 3.02. The molecule has 0 aliphatic carbocycles. The van der Waals surface area contributed by atoms with Crippen LogP contribution in [-0.4, -0.2) is 47.7 Å². The fraction of sp³-hybridized carbons (Fsp3) is 0.280. The summed E-state index contributed by atoms with van der Waals surface area (Å²) in [5.41, 5.74) is 1.02. The molecule has 0 amide bonds. The molecule has 9 heteroatoms. The van der Waals surface area contributed by atoms with Gasteiger partial charge in [-0.3, -0.25) is 4.90 Å². The molecule has 1 aromatic heterocycles. The third-order valence-electron chi connectivity index (χ3n) is 6.43. The maximum absolute atomic E-state index is 13.8. The number of fused-ring (bicyclic) bond motifs is 1. The summed E-state index contributed by atoms with van der Waals surface area (Å²) < 4.78 is 47.1. The first-order valence-electron chi connectivity index (χ1n) is 11.0. The zero-order valence-corrected chi connectivity index (χ0v) is 19.0. The summed E-state index contributed by atoms with van der Waals surface area (Å²) in [6, 6.07) is 13.5. The van der Waals surface area contributed by atoms with Crippen molar-refractivity contribution < 1.29 is 17.9 Å². The van der Waals surface area contributed by atoms with Crippen molar-refractivity contribution in [3.05, 3.63) is 88.8 Å². The molecule has 0 N–H and O–H groups in total. The molecule has 2 atom stereocenters. The average Bonchev–Trinajstić information content (AvgIpc) is 3.23. The maximum atomic E-state index is 13.8. The van der Waals surface area contributed by atoms with Gasteiger partial charge >= 0.3 is 12.1 Å². The van der Waals surface area contributed by atoms with Crippen molar-refractivity contribution in [3.63, 3.8) is 0 Å². The van der Waals surface area contributed by atoms with E-state index in [1.165, 1.54) is 6.07 Å². The standard InChI is InChI=1S/C25H23ClF3N4O/c26-19-7-5-18(6-8-19)22(32-12-15-34-16-13-32)17-33(24-30-10-2-11-31-24)14-9-20-21(25(27,28)29)3-1-4-23(20)33/h1-11,14,22H,12-13,15-17H2/q+1. The van der Waals surface area contributed by atoms with E-state index in [4.69, 9.17) is 16.3 Å². The second-order valence-electron chi connectivity index (χ2n) is 8.37. The van der Waals surface area contributed by atoms with Crippen molar-refractivity contribution in [1.82, 2.24) is 19.4 Å². The van der Waals surface area contributed by atoms with E-state index in [9.17, 15) is 13.2 Å². The maximum Gasteiger partial charge on any atom is 0.417 e. The molecule has 1 saturated heterocycles. The number of hydrogen-bond donors (Lipinski definition) is 0. The Kier molecular flexibility index (Phi) is 6.16. The molecule has 0 spiro atoms. The van der Waals surface area contributed by atoms with Gasteiger partial charge in [-0.15, -0.1) is 0 Å².